The number of rotatable bonds is 6. The van der Waals surface area contributed by atoms with E-state index in [-0.39, 0.29) is 17.8 Å². The molecule has 2 aromatic rings. The van der Waals surface area contributed by atoms with Crippen molar-refractivity contribution in [2.75, 3.05) is 5.32 Å². The normalized spacial score (nSPS) is 18.8. The maximum atomic E-state index is 12.4. The number of ether oxygens (including phenoxy) is 1. The average Bonchev–Trinajstić information content (AvgIpc) is 3.09. The van der Waals surface area contributed by atoms with Gasteiger partial charge in [0.15, 0.2) is 0 Å². The molecule has 0 bridgehead atoms. The number of nitrogens with one attached hydrogen (secondary N) is 1. The van der Waals surface area contributed by atoms with Gasteiger partial charge in [0, 0.05) is 23.7 Å². The largest absolute Gasteiger partial charge is 0.465 e. The predicted molar refractivity (Wildman–Crippen MR) is 111 cm³/mol. The average molecular weight is 436 g/mol. The van der Waals surface area contributed by atoms with Crippen LogP contribution in [0.3, 0.4) is 0 Å². The molecule has 0 radical (unpaired) electrons. The van der Waals surface area contributed by atoms with Gasteiger partial charge in [-0.25, -0.2) is 9.78 Å². The molecule has 0 saturated heterocycles. The SMILES string of the molecule is CC(C)(C)N(C(=O)O)[C@H]1CC[C@H](Nc2ccc(-n3cc(OC(F)F)ccc3=O)cn2)C1. The van der Waals surface area contributed by atoms with E-state index in [9.17, 15) is 23.5 Å². The van der Waals surface area contributed by atoms with Gasteiger partial charge >= 0.3 is 12.7 Å². The van der Waals surface area contributed by atoms with Gasteiger partial charge in [0.1, 0.15) is 11.6 Å². The van der Waals surface area contributed by atoms with Crippen molar-refractivity contribution in [2.45, 2.75) is 64.3 Å². The van der Waals surface area contributed by atoms with Crippen LogP contribution in [0.5, 0.6) is 5.75 Å². The van der Waals surface area contributed by atoms with Gasteiger partial charge in [0.25, 0.3) is 5.56 Å². The van der Waals surface area contributed by atoms with Gasteiger partial charge in [-0.2, -0.15) is 8.78 Å². The van der Waals surface area contributed by atoms with E-state index in [1.165, 1.54) is 27.9 Å². The Kier molecular flexibility index (Phi) is 6.47. The molecule has 1 fully saturated rings. The quantitative estimate of drug-likeness (QED) is 0.712. The van der Waals surface area contributed by atoms with Gasteiger partial charge in [-0.05, 0) is 58.2 Å². The number of nitrogens with zero attached hydrogens (tertiary/aromatic N) is 3. The lowest BCUT2D eigenvalue weighted by atomic mass is 10.0. The molecule has 0 aliphatic heterocycles. The van der Waals surface area contributed by atoms with Gasteiger partial charge in [0.2, 0.25) is 0 Å². The molecule has 2 atom stereocenters. The number of carboxylic acid groups (broad SMARTS) is 1. The first-order valence-electron chi connectivity index (χ1n) is 9.97. The fraction of sp³-hybridized carbons (Fsp3) is 0.476. The van der Waals surface area contributed by atoms with Gasteiger partial charge in [-0.1, -0.05) is 0 Å². The number of amides is 1. The predicted octanol–water partition coefficient (Wildman–Crippen LogP) is 3.95. The Morgan fingerprint density at radius 2 is 2.03 bits per heavy atom. The number of pyridine rings is 2. The van der Waals surface area contributed by atoms with Crippen molar-refractivity contribution in [2.24, 2.45) is 0 Å². The maximum Gasteiger partial charge on any atom is 0.407 e. The second-order valence-electron chi connectivity index (χ2n) is 8.48. The minimum absolute atomic E-state index is 0.0676. The Labute approximate surface area is 178 Å². The molecule has 31 heavy (non-hydrogen) atoms. The number of aromatic nitrogens is 2. The summed E-state index contributed by atoms with van der Waals surface area (Å²) in [7, 11) is 0. The highest BCUT2D eigenvalue weighted by Gasteiger charge is 2.37. The Balaban J connectivity index is 1.68. The van der Waals surface area contributed by atoms with Crippen molar-refractivity contribution in [1.29, 1.82) is 0 Å². The Morgan fingerprint density at radius 3 is 2.61 bits per heavy atom. The number of hydrogen-bond acceptors (Lipinski definition) is 5. The Hall–Kier alpha value is -3.17. The monoisotopic (exact) mass is 436 g/mol. The lowest BCUT2D eigenvalue weighted by molar-refractivity contribution is -0.0502. The minimum Gasteiger partial charge on any atom is -0.465 e. The minimum atomic E-state index is -2.98. The summed E-state index contributed by atoms with van der Waals surface area (Å²) in [6, 6.07) is 5.65. The van der Waals surface area contributed by atoms with Crippen LogP contribution in [0.1, 0.15) is 40.0 Å². The van der Waals surface area contributed by atoms with E-state index < -0.39 is 23.8 Å². The topological polar surface area (TPSA) is 96.7 Å². The third kappa shape index (κ3) is 5.50. The van der Waals surface area contributed by atoms with E-state index in [2.05, 4.69) is 15.0 Å². The number of alkyl halides is 2. The first kappa shape index (κ1) is 22.5. The van der Waals surface area contributed by atoms with Crippen molar-refractivity contribution in [3.05, 3.63) is 47.0 Å². The molecular weight excluding hydrogens is 410 g/mol. The molecule has 168 valence electrons. The molecule has 0 unspecified atom stereocenters. The van der Waals surface area contributed by atoms with Crippen LogP contribution in [0.25, 0.3) is 5.69 Å². The van der Waals surface area contributed by atoms with Crippen LogP contribution in [-0.2, 0) is 0 Å². The van der Waals surface area contributed by atoms with Crippen molar-refractivity contribution < 1.29 is 23.4 Å². The van der Waals surface area contributed by atoms with Crippen LogP contribution in [0, 0.1) is 0 Å². The Morgan fingerprint density at radius 1 is 1.29 bits per heavy atom. The highest BCUT2D eigenvalue weighted by Crippen LogP contribution is 2.31. The molecule has 8 nitrogen and oxygen atoms in total. The van der Waals surface area contributed by atoms with Gasteiger partial charge < -0.3 is 20.1 Å². The molecule has 10 heteroatoms. The molecule has 2 aromatic heterocycles. The Bertz CT molecular complexity index is 973. The second-order valence-corrected chi connectivity index (χ2v) is 8.48. The van der Waals surface area contributed by atoms with E-state index in [0.717, 1.165) is 18.9 Å². The molecule has 1 aliphatic carbocycles. The zero-order chi connectivity index (χ0) is 22.8. The van der Waals surface area contributed by atoms with Crippen LogP contribution in [0.4, 0.5) is 19.4 Å². The van der Waals surface area contributed by atoms with E-state index in [1.807, 2.05) is 20.8 Å². The maximum absolute atomic E-state index is 12.4. The van der Waals surface area contributed by atoms with Crippen LogP contribution in [0.2, 0.25) is 0 Å². The molecule has 1 saturated carbocycles. The summed E-state index contributed by atoms with van der Waals surface area (Å²) < 4.78 is 30.4. The van der Waals surface area contributed by atoms with E-state index in [0.29, 0.717) is 17.9 Å². The van der Waals surface area contributed by atoms with Crippen LogP contribution >= 0.6 is 0 Å². The molecule has 3 rings (SSSR count). The second kappa shape index (κ2) is 8.91. The number of carbonyl (C=O) groups is 1. The summed E-state index contributed by atoms with van der Waals surface area (Å²) in [4.78, 5) is 29.6. The highest BCUT2D eigenvalue weighted by molar-refractivity contribution is 5.66. The van der Waals surface area contributed by atoms with Crippen molar-refractivity contribution in [3.63, 3.8) is 0 Å². The highest BCUT2D eigenvalue weighted by atomic mass is 19.3. The van der Waals surface area contributed by atoms with Gasteiger partial charge in [-0.3, -0.25) is 9.36 Å². The standard InChI is InChI=1S/C21H26F2N4O4/c1-21(2,3)27(20(29)30)14-5-4-13(10-14)25-17-8-6-15(11-24-17)26-12-16(31-19(22)23)7-9-18(26)28/h6-9,11-14,19H,4-5,10H2,1-3H3,(H,24,25)(H,29,30)/t13-,14-/m0/s1. The molecule has 2 N–H and O–H groups in total. The molecule has 1 amide bonds. The molecule has 0 spiro atoms. The van der Waals surface area contributed by atoms with Crippen molar-refractivity contribution in [3.8, 4) is 11.4 Å². The van der Waals surface area contributed by atoms with E-state index in [4.69, 9.17) is 0 Å². The van der Waals surface area contributed by atoms with Crippen molar-refractivity contribution >= 4 is 11.9 Å². The fourth-order valence-electron chi connectivity index (χ4n) is 3.98. The number of hydrogen-bond donors (Lipinski definition) is 2. The lowest BCUT2D eigenvalue weighted by Gasteiger charge is -2.38. The summed E-state index contributed by atoms with van der Waals surface area (Å²) >= 11 is 0. The molecular formula is C21H26F2N4O4. The third-order valence-corrected chi connectivity index (χ3v) is 5.19. The summed E-state index contributed by atoms with van der Waals surface area (Å²) in [6.07, 6.45) is 3.95. The number of anilines is 1. The fourth-order valence-corrected chi connectivity index (χ4v) is 3.98. The number of halogens is 2. The summed E-state index contributed by atoms with van der Waals surface area (Å²) in [5.41, 5.74) is -0.482. The molecule has 2 heterocycles. The third-order valence-electron chi connectivity index (χ3n) is 5.19. The summed E-state index contributed by atoms with van der Waals surface area (Å²) in [5, 5.41) is 12.9. The van der Waals surface area contributed by atoms with Crippen LogP contribution in [0.15, 0.2) is 41.5 Å². The summed E-state index contributed by atoms with van der Waals surface area (Å²) in [5.74, 6) is 0.454. The van der Waals surface area contributed by atoms with Crippen LogP contribution < -0.4 is 15.6 Å². The lowest BCUT2D eigenvalue weighted by Crippen LogP contribution is -2.50. The zero-order valence-corrected chi connectivity index (χ0v) is 17.6. The molecule has 0 aromatic carbocycles. The first-order chi connectivity index (χ1) is 14.5. The summed E-state index contributed by atoms with van der Waals surface area (Å²) in [6.45, 7) is 2.66. The molecule has 1 aliphatic rings. The first-order valence-corrected chi connectivity index (χ1v) is 9.97. The van der Waals surface area contributed by atoms with Gasteiger partial charge in [-0.15, -0.1) is 0 Å². The van der Waals surface area contributed by atoms with Crippen molar-refractivity contribution in [1.82, 2.24) is 14.5 Å². The van der Waals surface area contributed by atoms with E-state index >= 15 is 0 Å². The van der Waals surface area contributed by atoms with Gasteiger partial charge in [0.05, 0.1) is 18.1 Å². The zero-order valence-electron chi connectivity index (χ0n) is 17.6. The van der Waals surface area contributed by atoms with Crippen LogP contribution in [-0.4, -0.2) is 49.9 Å². The smallest absolute Gasteiger partial charge is 0.407 e. The van der Waals surface area contributed by atoms with E-state index in [1.54, 1.807) is 12.1 Å².